The van der Waals surface area contributed by atoms with Crippen LogP contribution >= 0.6 is 11.8 Å². The molecule has 0 aliphatic rings. The van der Waals surface area contributed by atoms with Crippen LogP contribution in [0.3, 0.4) is 0 Å². The van der Waals surface area contributed by atoms with Crippen LogP contribution in [-0.4, -0.2) is 47.0 Å². The Morgan fingerprint density at radius 2 is 1.93 bits per heavy atom. The number of hydrogen-bond donors (Lipinski definition) is 2. The normalized spacial score (nSPS) is 10.4. The molecule has 0 radical (unpaired) electrons. The van der Waals surface area contributed by atoms with E-state index in [1.807, 2.05) is 12.1 Å². The van der Waals surface area contributed by atoms with Crippen molar-refractivity contribution in [2.24, 2.45) is 0 Å². The van der Waals surface area contributed by atoms with Crippen molar-refractivity contribution in [3.05, 3.63) is 57.5 Å². The maximum absolute atomic E-state index is 12.4. The maximum atomic E-state index is 12.4. The van der Waals surface area contributed by atoms with E-state index in [2.05, 4.69) is 20.0 Å². The standard InChI is InChI=1S/C20H23N3O5S/c1-13(24)21-9-3-4-14-5-7-15(8-6-14)17(25)12-29-20-22-16(10-18(26)23-20)11-19(27)28-2/h5-8,10H,3-4,9,11-12H2,1-2H3,(H,21,24)(H,22,23,26). The summed E-state index contributed by atoms with van der Waals surface area (Å²) in [6.45, 7) is 2.10. The molecule has 1 aromatic heterocycles. The third-order valence-corrected chi connectivity index (χ3v) is 4.83. The second-order valence-corrected chi connectivity index (χ2v) is 7.25. The zero-order chi connectivity index (χ0) is 21.2. The Bertz CT molecular complexity index is 924. The number of hydrogen-bond acceptors (Lipinski definition) is 7. The van der Waals surface area contributed by atoms with E-state index in [0.29, 0.717) is 17.8 Å². The number of H-pyrrole nitrogens is 1. The SMILES string of the molecule is COC(=O)Cc1cc(=O)[nH]c(SCC(=O)c2ccc(CCCNC(C)=O)cc2)n1. The molecule has 29 heavy (non-hydrogen) atoms. The fourth-order valence-corrected chi connectivity index (χ4v) is 3.28. The average molecular weight is 417 g/mol. The smallest absolute Gasteiger partial charge is 0.311 e. The number of methoxy groups -OCH3 is 1. The third kappa shape index (κ3) is 7.90. The second-order valence-electron chi connectivity index (χ2n) is 6.29. The van der Waals surface area contributed by atoms with Crippen LogP contribution in [0.25, 0.3) is 0 Å². The van der Waals surface area contributed by atoms with Crippen molar-refractivity contribution in [1.29, 1.82) is 0 Å². The topological polar surface area (TPSA) is 118 Å². The van der Waals surface area contributed by atoms with Gasteiger partial charge in [-0.25, -0.2) is 4.98 Å². The van der Waals surface area contributed by atoms with Crippen LogP contribution in [0, 0.1) is 0 Å². The first-order chi connectivity index (χ1) is 13.9. The summed E-state index contributed by atoms with van der Waals surface area (Å²) in [5, 5.41) is 3.02. The summed E-state index contributed by atoms with van der Waals surface area (Å²) in [7, 11) is 1.26. The van der Waals surface area contributed by atoms with Gasteiger partial charge < -0.3 is 15.0 Å². The number of ether oxygens (including phenoxy) is 1. The summed E-state index contributed by atoms with van der Waals surface area (Å²) in [5.41, 5.74) is 1.55. The zero-order valence-corrected chi connectivity index (χ0v) is 17.1. The molecule has 1 heterocycles. The molecular formula is C20H23N3O5S. The van der Waals surface area contributed by atoms with Gasteiger partial charge >= 0.3 is 5.97 Å². The Hall–Kier alpha value is -2.94. The highest BCUT2D eigenvalue weighted by molar-refractivity contribution is 7.99. The monoisotopic (exact) mass is 417 g/mol. The van der Waals surface area contributed by atoms with Gasteiger partial charge in [-0.3, -0.25) is 19.2 Å². The van der Waals surface area contributed by atoms with Crippen molar-refractivity contribution in [3.8, 4) is 0 Å². The van der Waals surface area contributed by atoms with Crippen molar-refractivity contribution >= 4 is 29.4 Å². The Kier molecular flexibility index (Phi) is 8.60. The lowest BCUT2D eigenvalue weighted by Gasteiger charge is -2.05. The fourth-order valence-electron chi connectivity index (χ4n) is 2.49. The lowest BCUT2D eigenvalue weighted by Crippen LogP contribution is -2.21. The lowest BCUT2D eigenvalue weighted by molar-refractivity contribution is -0.139. The predicted octanol–water partition coefficient (Wildman–Crippen LogP) is 1.53. The number of aromatic amines is 1. The first kappa shape index (κ1) is 22.4. The molecule has 0 aliphatic heterocycles. The summed E-state index contributed by atoms with van der Waals surface area (Å²) >= 11 is 1.10. The molecule has 9 heteroatoms. The number of aryl methyl sites for hydroxylation is 1. The number of nitrogens with zero attached hydrogens (tertiary/aromatic N) is 1. The fraction of sp³-hybridized carbons (Fsp3) is 0.350. The first-order valence-corrected chi connectivity index (χ1v) is 10.0. The van der Waals surface area contributed by atoms with E-state index in [-0.39, 0.29) is 29.0 Å². The number of Topliss-reactive ketones (excluding diaryl/α,β-unsaturated/α-hetero) is 1. The Balaban J connectivity index is 1.89. The molecular weight excluding hydrogens is 394 g/mol. The number of rotatable bonds is 10. The van der Waals surface area contributed by atoms with Crippen molar-refractivity contribution in [3.63, 3.8) is 0 Å². The maximum Gasteiger partial charge on any atom is 0.311 e. The van der Waals surface area contributed by atoms with Gasteiger partial charge in [0.25, 0.3) is 5.56 Å². The van der Waals surface area contributed by atoms with E-state index in [0.717, 1.165) is 30.2 Å². The molecule has 2 aromatic rings. The molecule has 0 spiro atoms. The van der Waals surface area contributed by atoms with Crippen LogP contribution in [-0.2, 0) is 27.2 Å². The molecule has 0 saturated heterocycles. The van der Waals surface area contributed by atoms with E-state index in [9.17, 15) is 19.2 Å². The number of nitrogens with one attached hydrogen (secondary N) is 2. The number of carbonyl (C=O) groups is 3. The van der Waals surface area contributed by atoms with Crippen molar-refractivity contribution in [2.75, 3.05) is 19.4 Å². The summed E-state index contributed by atoms with van der Waals surface area (Å²) in [6.07, 6.45) is 1.52. The molecule has 1 aromatic carbocycles. The van der Waals surface area contributed by atoms with E-state index >= 15 is 0 Å². The number of esters is 1. The highest BCUT2D eigenvalue weighted by Gasteiger charge is 2.11. The quantitative estimate of drug-likeness (QED) is 0.198. The van der Waals surface area contributed by atoms with Crippen LogP contribution < -0.4 is 10.9 Å². The molecule has 2 N–H and O–H groups in total. The van der Waals surface area contributed by atoms with E-state index < -0.39 is 11.5 Å². The van der Waals surface area contributed by atoms with Crippen LogP contribution in [0.1, 0.15) is 35.0 Å². The van der Waals surface area contributed by atoms with Gasteiger partial charge in [-0.1, -0.05) is 36.0 Å². The van der Waals surface area contributed by atoms with Gasteiger partial charge in [-0.2, -0.15) is 0 Å². The van der Waals surface area contributed by atoms with E-state index in [1.54, 1.807) is 12.1 Å². The summed E-state index contributed by atoms with van der Waals surface area (Å²) in [5.74, 6) is -0.532. The van der Waals surface area contributed by atoms with Crippen molar-refractivity contribution in [1.82, 2.24) is 15.3 Å². The third-order valence-electron chi connectivity index (χ3n) is 3.96. The highest BCUT2D eigenvalue weighted by atomic mass is 32.2. The number of benzene rings is 1. The van der Waals surface area contributed by atoms with Crippen LogP contribution in [0.4, 0.5) is 0 Å². The Morgan fingerprint density at radius 1 is 1.21 bits per heavy atom. The molecule has 154 valence electrons. The lowest BCUT2D eigenvalue weighted by atomic mass is 10.1. The van der Waals surface area contributed by atoms with Gasteiger partial charge in [0, 0.05) is 25.1 Å². The van der Waals surface area contributed by atoms with Gasteiger partial charge in [0.2, 0.25) is 5.91 Å². The molecule has 0 saturated carbocycles. The van der Waals surface area contributed by atoms with E-state index in [4.69, 9.17) is 0 Å². The van der Waals surface area contributed by atoms with Crippen LogP contribution in [0.2, 0.25) is 0 Å². The van der Waals surface area contributed by atoms with Gasteiger partial charge in [-0.15, -0.1) is 0 Å². The summed E-state index contributed by atoms with van der Waals surface area (Å²) in [6, 6.07) is 8.54. The average Bonchev–Trinajstić information content (AvgIpc) is 2.69. The number of carbonyl (C=O) groups excluding carboxylic acids is 3. The van der Waals surface area contributed by atoms with Crippen LogP contribution in [0.5, 0.6) is 0 Å². The molecule has 0 fully saturated rings. The highest BCUT2D eigenvalue weighted by Crippen LogP contribution is 2.15. The van der Waals surface area contributed by atoms with Crippen LogP contribution in [0.15, 0.2) is 40.3 Å². The van der Waals surface area contributed by atoms with Gasteiger partial charge in [-0.05, 0) is 18.4 Å². The second kappa shape index (κ2) is 11.2. The predicted molar refractivity (Wildman–Crippen MR) is 109 cm³/mol. The number of amides is 1. The number of ketones is 1. The number of thioether (sulfide) groups is 1. The number of aromatic nitrogens is 2. The first-order valence-electron chi connectivity index (χ1n) is 9.04. The molecule has 2 rings (SSSR count). The molecule has 8 nitrogen and oxygen atoms in total. The van der Waals surface area contributed by atoms with Crippen molar-refractivity contribution in [2.45, 2.75) is 31.3 Å². The summed E-state index contributed by atoms with van der Waals surface area (Å²) < 4.78 is 4.57. The molecule has 0 aliphatic carbocycles. The minimum Gasteiger partial charge on any atom is -0.469 e. The molecule has 0 bridgehead atoms. The minimum absolute atomic E-state index is 0.0462. The van der Waals surface area contributed by atoms with Gasteiger partial charge in [0.1, 0.15) is 0 Å². The van der Waals surface area contributed by atoms with E-state index in [1.165, 1.54) is 20.1 Å². The summed E-state index contributed by atoms with van der Waals surface area (Å²) in [4.78, 5) is 53.0. The van der Waals surface area contributed by atoms with Gasteiger partial charge in [0.05, 0.1) is 25.0 Å². The molecule has 1 amide bonds. The Morgan fingerprint density at radius 3 is 2.59 bits per heavy atom. The minimum atomic E-state index is -0.493. The zero-order valence-electron chi connectivity index (χ0n) is 16.3. The molecule has 0 atom stereocenters. The van der Waals surface area contributed by atoms with Crippen molar-refractivity contribution < 1.29 is 19.1 Å². The molecule has 0 unspecified atom stereocenters. The Labute approximate surface area is 172 Å². The largest absolute Gasteiger partial charge is 0.469 e. The van der Waals surface area contributed by atoms with Gasteiger partial charge in [0.15, 0.2) is 10.9 Å².